The summed E-state index contributed by atoms with van der Waals surface area (Å²) in [5.41, 5.74) is 5.40. The van der Waals surface area contributed by atoms with Gasteiger partial charge in [0.2, 0.25) is 0 Å². The van der Waals surface area contributed by atoms with Crippen LogP contribution < -0.4 is 11.1 Å². The Morgan fingerprint density at radius 2 is 2.07 bits per heavy atom. The summed E-state index contributed by atoms with van der Waals surface area (Å²) < 4.78 is 26.6. The van der Waals surface area contributed by atoms with Crippen LogP contribution in [0.3, 0.4) is 0 Å². The highest BCUT2D eigenvalue weighted by Gasteiger charge is 2.13. The average Bonchev–Trinajstić information content (AvgIpc) is 2.25. The fourth-order valence-electron chi connectivity index (χ4n) is 1.17. The maximum absolute atomic E-state index is 13.4. The quantitative estimate of drug-likeness (QED) is 0.709. The number of hydrogen-bond donors (Lipinski definition) is 3. The molecule has 0 spiro atoms. The molecule has 1 aromatic rings. The van der Waals surface area contributed by atoms with Crippen LogP contribution in [0, 0.1) is 11.6 Å². The summed E-state index contributed by atoms with van der Waals surface area (Å²) >= 11 is 0. The predicted molar refractivity (Wildman–Crippen MR) is 54.4 cm³/mol. The molecule has 4 N–H and O–H groups in total. The molecule has 84 valence electrons. The van der Waals surface area contributed by atoms with Crippen LogP contribution in [0.25, 0.3) is 0 Å². The standard InChI is InChI=1S/C10H14F2N2O/c1-6(5-15)14-8-3-2-7(4-13)9(11)10(8)12/h2-3,6,14-15H,4-5,13H2,1H3. The van der Waals surface area contributed by atoms with Crippen molar-refractivity contribution in [3.8, 4) is 0 Å². The Hall–Kier alpha value is -1.20. The SMILES string of the molecule is CC(CO)Nc1ccc(CN)c(F)c1F. The molecule has 0 saturated heterocycles. The third-order valence-corrected chi connectivity index (χ3v) is 2.06. The zero-order valence-corrected chi connectivity index (χ0v) is 8.43. The number of hydrogen-bond acceptors (Lipinski definition) is 3. The number of rotatable bonds is 4. The topological polar surface area (TPSA) is 58.3 Å². The summed E-state index contributed by atoms with van der Waals surface area (Å²) in [5, 5.41) is 11.4. The molecule has 0 aliphatic heterocycles. The number of anilines is 1. The Morgan fingerprint density at radius 1 is 1.40 bits per heavy atom. The monoisotopic (exact) mass is 216 g/mol. The maximum Gasteiger partial charge on any atom is 0.182 e. The summed E-state index contributed by atoms with van der Waals surface area (Å²) in [7, 11) is 0. The van der Waals surface area contributed by atoms with Gasteiger partial charge in [-0.1, -0.05) is 6.07 Å². The number of nitrogens with one attached hydrogen (secondary N) is 1. The van der Waals surface area contributed by atoms with E-state index in [9.17, 15) is 8.78 Å². The van der Waals surface area contributed by atoms with Crippen molar-refractivity contribution in [1.29, 1.82) is 0 Å². The molecule has 0 aromatic heterocycles. The average molecular weight is 216 g/mol. The van der Waals surface area contributed by atoms with E-state index < -0.39 is 11.6 Å². The lowest BCUT2D eigenvalue weighted by molar-refractivity contribution is 0.281. The largest absolute Gasteiger partial charge is 0.394 e. The second-order valence-corrected chi connectivity index (χ2v) is 3.33. The third kappa shape index (κ3) is 2.64. The van der Waals surface area contributed by atoms with Crippen LogP contribution in [0.2, 0.25) is 0 Å². The first-order chi connectivity index (χ1) is 7.10. The van der Waals surface area contributed by atoms with Crippen molar-refractivity contribution in [2.45, 2.75) is 19.5 Å². The smallest absolute Gasteiger partial charge is 0.182 e. The van der Waals surface area contributed by atoms with E-state index in [4.69, 9.17) is 10.8 Å². The fraction of sp³-hybridized carbons (Fsp3) is 0.400. The molecule has 0 radical (unpaired) electrons. The predicted octanol–water partition coefficient (Wildman–Crippen LogP) is 1.22. The highest BCUT2D eigenvalue weighted by atomic mass is 19.2. The van der Waals surface area contributed by atoms with E-state index in [0.717, 1.165) is 0 Å². The molecular weight excluding hydrogens is 202 g/mol. The molecule has 3 nitrogen and oxygen atoms in total. The van der Waals surface area contributed by atoms with Gasteiger partial charge in [-0.05, 0) is 13.0 Å². The molecule has 15 heavy (non-hydrogen) atoms. The van der Waals surface area contributed by atoms with Gasteiger partial charge in [0.1, 0.15) is 0 Å². The molecule has 5 heteroatoms. The zero-order chi connectivity index (χ0) is 11.4. The van der Waals surface area contributed by atoms with Gasteiger partial charge >= 0.3 is 0 Å². The van der Waals surface area contributed by atoms with Gasteiger partial charge in [-0.15, -0.1) is 0 Å². The fourth-order valence-corrected chi connectivity index (χ4v) is 1.17. The molecule has 0 bridgehead atoms. The first-order valence-corrected chi connectivity index (χ1v) is 4.64. The minimum Gasteiger partial charge on any atom is -0.394 e. The van der Waals surface area contributed by atoms with E-state index in [-0.39, 0.29) is 30.4 Å². The van der Waals surface area contributed by atoms with Crippen LogP contribution in [0.5, 0.6) is 0 Å². The Kier molecular flexibility index (Phi) is 3.99. The van der Waals surface area contributed by atoms with E-state index in [2.05, 4.69) is 5.32 Å². The van der Waals surface area contributed by atoms with E-state index >= 15 is 0 Å². The number of benzene rings is 1. The normalized spacial score (nSPS) is 12.6. The van der Waals surface area contributed by atoms with Crippen molar-refractivity contribution in [1.82, 2.24) is 0 Å². The van der Waals surface area contributed by atoms with Crippen molar-refractivity contribution in [2.75, 3.05) is 11.9 Å². The first-order valence-electron chi connectivity index (χ1n) is 4.64. The van der Waals surface area contributed by atoms with Crippen molar-refractivity contribution >= 4 is 5.69 Å². The number of aliphatic hydroxyl groups is 1. The van der Waals surface area contributed by atoms with Gasteiger partial charge in [0.15, 0.2) is 11.6 Å². The van der Waals surface area contributed by atoms with Crippen LogP contribution in [-0.2, 0) is 6.54 Å². The van der Waals surface area contributed by atoms with E-state index in [1.807, 2.05) is 0 Å². The second-order valence-electron chi connectivity index (χ2n) is 3.33. The molecular formula is C10H14F2N2O. The van der Waals surface area contributed by atoms with Gasteiger partial charge < -0.3 is 16.2 Å². The van der Waals surface area contributed by atoms with Gasteiger partial charge in [0.05, 0.1) is 12.3 Å². The molecule has 1 atom stereocenters. The van der Waals surface area contributed by atoms with Crippen LogP contribution in [0.4, 0.5) is 14.5 Å². The summed E-state index contributed by atoms with van der Waals surface area (Å²) in [5.74, 6) is -1.90. The highest BCUT2D eigenvalue weighted by molar-refractivity contribution is 5.47. The Bertz CT molecular complexity index is 344. The Balaban J connectivity index is 2.96. The van der Waals surface area contributed by atoms with Gasteiger partial charge in [0, 0.05) is 18.2 Å². The van der Waals surface area contributed by atoms with Gasteiger partial charge in [-0.25, -0.2) is 8.78 Å². The zero-order valence-electron chi connectivity index (χ0n) is 8.43. The van der Waals surface area contributed by atoms with Crippen LogP contribution in [0.1, 0.15) is 12.5 Å². The molecule has 0 saturated carbocycles. The van der Waals surface area contributed by atoms with Crippen LogP contribution >= 0.6 is 0 Å². The Labute approximate surface area is 86.9 Å². The molecule has 1 rings (SSSR count). The molecule has 0 heterocycles. The van der Waals surface area contributed by atoms with E-state index in [1.54, 1.807) is 6.92 Å². The van der Waals surface area contributed by atoms with Gasteiger partial charge in [0.25, 0.3) is 0 Å². The maximum atomic E-state index is 13.4. The Morgan fingerprint density at radius 3 is 2.60 bits per heavy atom. The first kappa shape index (κ1) is 11.9. The van der Waals surface area contributed by atoms with Gasteiger partial charge in [-0.2, -0.15) is 0 Å². The minimum atomic E-state index is -0.960. The summed E-state index contributed by atoms with van der Waals surface area (Å²) in [6.45, 7) is 1.46. The van der Waals surface area contributed by atoms with Crippen LogP contribution in [0.15, 0.2) is 12.1 Å². The lowest BCUT2D eigenvalue weighted by Gasteiger charge is -2.14. The van der Waals surface area contributed by atoms with Crippen molar-refractivity contribution in [3.05, 3.63) is 29.3 Å². The highest BCUT2D eigenvalue weighted by Crippen LogP contribution is 2.20. The summed E-state index contributed by atoms with van der Waals surface area (Å²) in [6, 6.07) is 2.50. The molecule has 0 amide bonds. The molecule has 0 aliphatic rings. The van der Waals surface area contributed by atoms with E-state index in [0.29, 0.717) is 0 Å². The molecule has 1 unspecified atom stereocenters. The van der Waals surface area contributed by atoms with Gasteiger partial charge in [-0.3, -0.25) is 0 Å². The lowest BCUT2D eigenvalue weighted by atomic mass is 10.1. The van der Waals surface area contributed by atoms with E-state index in [1.165, 1.54) is 12.1 Å². The second kappa shape index (κ2) is 5.04. The molecule has 0 aliphatic carbocycles. The van der Waals surface area contributed by atoms with Crippen molar-refractivity contribution < 1.29 is 13.9 Å². The third-order valence-electron chi connectivity index (χ3n) is 2.06. The van der Waals surface area contributed by atoms with Crippen molar-refractivity contribution in [3.63, 3.8) is 0 Å². The number of aliphatic hydroxyl groups excluding tert-OH is 1. The molecule has 0 fully saturated rings. The summed E-state index contributed by atoms with van der Waals surface area (Å²) in [4.78, 5) is 0. The summed E-state index contributed by atoms with van der Waals surface area (Å²) in [6.07, 6.45) is 0. The minimum absolute atomic E-state index is 0.0336. The van der Waals surface area contributed by atoms with Crippen LogP contribution in [-0.4, -0.2) is 17.8 Å². The number of halogens is 2. The lowest BCUT2D eigenvalue weighted by Crippen LogP contribution is -2.20. The molecule has 1 aromatic carbocycles. The van der Waals surface area contributed by atoms with Crippen molar-refractivity contribution in [2.24, 2.45) is 5.73 Å². The number of nitrogens with two attached hydrogens (primary N) is 1.